The van der Waals surface area contributed by atoms with Crippen molar-refractivity contribution in [1.82, 2.24) is 10.3 Å². The first-order valence-electron chi connectivity index (χ1n) is 7.50. The van der Waals surface area contributed by atoms with Crippen molar-refractivity contribution in [2.24, 2.45) is 5.92 Å². The first-order chi connectivity index (χ1) is 8.88. The van der Waals surface area contributed by atoms with Gasteiger partial charge in [-0.1, -0.05) is 26.2 Å². The first kappa shape index (κ1) is 13.5. The molecule has 2 unspecified atom stereocenters. The molecule has 1 fully saturated rings. The van der Waals surface area contributed by atoms with Crippen LogP contribution in [0.1, 0.15) is 51.0 Å². The number of hydrogen-bond donors (Lipinski definition) is 1. The molecule has 2 nitrogen and oxygen atoms in total. The van der Waals surface area contributed by atoms with Crippen LogP contribution in [0.2, 0.25) is 0 Å². The van der Waals surface area contributed by atoms with Gasteiger partial charge in [-0.05, 0) is 55.8 Å². The predicted octanol–water partition coefficient (Wildman–Crippen LogP) is 3.57. The minimum Gasteiger partial charge on any atom is -0.314 e. The molecule has 2 rings (SSSR count). The highest BCUT2D eigenvalue weighted by atomic mass is 14.9. The zero-order valence-corrected chi connectivity index (χ0v) is 11.6. The van der Waals surface area contributed by atoms with Gasteiger partial charge in [0.15, 0.2) is 0 Å². The summed E-state index contributed by atoms with van der Waals surface area (Å²) >= 11 is 0. The second-order valence-corrected chi connectivity index (χ2v) is 5.54. The zero-order valence-electron chi connectivity index (χ0n) is 11.6. The van der Waals surface area contributed by atoms with Crippen molar-refractivity contribution in [3.63, 3.8) is 0 Å². The summed E-state index contributed by atoms with van der Waals surface area (Å²) in [5, 5.41) is 3.73. The van der Waals surface area contributed by atoms with Gasteiger partial charge in [0.05, 0.1) is 0 Å². The van der Waals surface area contributed by atoms with Gasteiger partial charge in [0.1, 0.15) is 0 Å². The molecule has 0 aromatic carbocycles. The fraction of sp³-hybridized carbons (Fsp3) is 0.688. The largest absolute Gasteiger partial charge is 0.314 e. The predicted molar refractivity (Wildman–Crippen MR) is 76.6 cm³/mol. The molecule has 18 heavy (non-hydrogen) atoms. The Morgan fingerprint density at radius 3 is 2.78 bits per heavy atom. The minimum atomic E-state index is 0.753. The normalized spacial score (nSPS) is 24.7. The van der Waals surface area contributed by atoms with Crippen LogP contribution in [-0.2, 0) is 6.42 Å². The van der Waals surface area contributed by atoms with E-state index in [1.54, 1.807) is 0 Å². The zero-order chi connectivity index (χ0) is 12.6. The van der Waals surface area contributed by atoms with E-state index < -0.39 is 0 Å². The smallest absolute Gasteiger partial charge is 0.0270 e. The summed E-state index contributed by atoms with van der Waals surface area (Å²) in [7, 11) is 0. The van der Waals surface area contributed by atoms with Crippen molar-refractivity contribution in [2.75, 3.05) is 6.54 Å². The van der Waals surface area contributed by atoms with Crippen molar-refractivity contribution in [1.29, 1.82) is 0 Å². The highest BCUT2D eigenvalue weighted by Gasteiger charge is 2.16. The molecular formula is C16H26N2. The number of nitrogens with zero attached hydrogens (tertiary/aromatic N) is 1. The summed E-state index contributed by atoms with van der Waals surface area (Å²) < 4.78 is 0. The van der Waals surface area contributed by atoms with E-state index in [0.29, 0.717) is 0 Å². The Morgan fingerprint density at radius 2 is 2.00 bits per heavy atom. The molecule has 1 aliphatic rings. The van der Waals surface area contributed by atoms with Gasteiger partial charge in [-0.25, -0.2) is 0 Å². The van der Waals surface area contributed by atoms with Crippen molar-refractivity contribution < 1.29 is 0 Å². The highest BCUT2D eigenvalue weighted by molar-refractivity contribution is 5.09. The lowest BCUT2D eigenvalue weighted by Gasteiger charge is -2.16. The van der Waals surface area contributed by atoms with Crippen LogP contribution in [-0.4, -0.2) is 17.6 Å². The summed E-state index contributed by atoms with van der Waals surface area (Å²) in [4.78, 5) is 4.05. The van der Waals surface area contributed by atoms with Crippen LogP contribution in [0.3, 0.4) is 0 Å². The summed E-state index contributed by atoms with van der Waals surface area (Å²) in [5.74, 6) is 0.983. The summed E-state index contributed by atoms with van der Waals surface area (Å²) in [6.45, 7) is 3.44. The Kier molecular flexibility index (Phi) is 5.66. The lowest BCUT2D eigenvalue weighted by molar-refractivity contribution is 0.427. The third-order valence-corrected chi connectivity index (χ3v) is 4.26. The van der Waals surface area contributed by atoms with E-state index in [4.69, 9.17) is 0 Å². The van der Waals surface area contributed by atoms with Gasteiger partial charge >= 0.3 is 0 Å². The van der Waals surface area contributed by atoms with Gasteiger partial charge < -0.3 is 5.32 Å². The van der Waals surface area contributed by atoms with Crippen LogP contribution in [0.5, 0.6) is 0 Å². The Balaban J connectivity index is 1.67. The fourth-order valence-corrected chi connectivity index (χ4v) is 2.96. The molecule has 100 valence electrons. The van der Waals surface area contributed by atoms with Crippen LogP contribution in [0, 0.1) is 5.92 Å². The molecule has 0 radical (unpaired) electrons. The van der Waals surface area contributed by atoms with Crippen LogP contribution in [0.4, 0.5) is 0 Å². The molecular weight excluding hydrogens is 220 g/mol. The average molecular weight is 246 g/mol. The first-order valence-corrected chi connectivity index (χ1v) is 7.50. The van der Waals surface area contributed by atoms with Gasteiger partial charge in [0, 0.05) is 18.4 Å². The summed E-state index contributed by atoms with van der Waals surface area (Å²) in [5.41, 5.74) is 1.39. The number of aromatic nitrogens is 1. The Bertz CT molecular complexity index is 323. The standard InChI is InChI=1S/C16H26N2/c1-2-14-4-3-5-16(7-6-14)18-13-10-15-8-11-17-12-9-15/h8-9,11-12,14,16,18H,2-7,10,13H2,1H3. The lowest BCUT2D eigenvalue weighted by Crippen LogP contribution is -2.30. The second-order valence-electron chi connectivity index (χ2n) is 5.54. The van der Waals surface area contributed by atoms with Crippen molar-refractivity contribution in [3.8, 4) is 0 Å². The molecule has 0 saturated heterocycles. The highest BCUT2D eigenvalue weighted by Crippen LogP contribution is 2.25. The third-order valence-electron chi connectivity index (χ3n) is 4.26. The maximum atomic E-state index is 4.05. The monoisotopic (exact) mass is 246 g/mol. The molecule has 1 aromatic rings. The molecule has 1 heterocycles. The van der Waals surface area contributed by atoms with E-state index >= 15 is 0 Å². The van der Waals surface area contributed by atoms with E-state index in [1.807, 2.05) is 12.4 Å². The molecule has 0 amide bonds. The van der Waals surface area contributed by atoms with E-state index in [9.17, 15) is 0 Å². The molecule has 1 N–H and O–H groups in total. The minimum absolute atomic E-state index is 0.753. The van der Waals surface area contributed by atoms with Gasteiger partial charge in [-0.3, -0.25) is 4.98 Å². The number of rotatable bonds is 5. The molecule has 1 aliphatic carbocycles. The van der Waals surface area contributed by atoms with Crippen LogP contribution < -0.4 is 5.32 Å². The fourth-order valence-electron chi connectivity index (χ4n) is 2.96. The molecule has 1 saturated carbocycles. The molecule has 1 aromatic heterocycles. The van der Waals surface area contributed by atoms with Gasteiger partial charge in [0.25, 0.3) is 0 Å². The number of nitrogens with one attached hydrogen (secondary N) is 1. The van der Waals surface area contributed by atoms with E-state index in [1.165, 1.54) is 44.1 Å². The van der Waals surface area contributed by atoms with Crippen LogP contribution in [0.25, 0.3) is 0 Å². The maximum absolute atomic E-state index is 4.05. The maximum Gasteiger partial charge on any atom is 0.0270 e. The summed E-state index contributed by atoms with van der Waals surface area (Å²) in [6.07, 6.45) is 13.3. The van der Waals surface area contributed by atoms with E-state index in [0.717, 1.165) is 24.9 Å². The Labute approximate surface area is 111 Å². The van der Waals surface area contributed by atoms with Gasteiger partial charge in [0.2, 0.25) is 0 Å². The van der Waals surface area contributed by atoms with Crippen molar-refractivity contribution >= 4 is 0 Å². The average Bonchev–Trinajstić information content (AvgIpc) is 2.65. The Morgan fingerprint density at radius 1 is 1.17 bits per heavy atom. The summed E-state index contributed by atoms with van der Waals surface area (Å²) in [6, 6.07) is 4.98. The lowest BCUT2D eigenvalue weighted by atomic mass is 9.98. The van der Waals surface area contributed by atoms with E-state index in [-0.39, 0.29) is 0 Å². The van der Waals surface area contributed by atoms with Crippen LogP contribution in [0.15, 0.2) is 24.5 Å². The van der Waals surface area contributed by atoms with Crippen LogP contribution >= 0.6 is 0 Å². The number of hydrogen-bond acceptors (Lipinski definition) is 2. The molecule has 0 aliphatic heterocycles. The molecule has 2 atom stereocenters. The number of pyridine rings is 1. The van der Waals surface area contributed by atoms with Crippen molar-refractivity contribution in [3.05, 3.63) is 30.1 Å². The topological polar surface area (TPSA) is 24.9 Å². The molecule has 0 bridgehead atoms. The third kappa shape index (κ3) is 4.41. The quantitative estimate of drug-likeness (QED) is 0.803. The molecule has 0 spiro atoms. The SMILES string of the molecule is CCC1CCCC(NCCc2ccncc2)CC1. The van der Waals surface area contributed by atoms with Crippen molar-refractivity contribution in [2.45, 2.75) is 57.9 Å². The van der Waals surface area contributed by atoms with E-state index in [2.05, 4.69) is 29.4 Å². The Hall–Kier alpha value is -0.890. The van der Waals surface area contributed by atoms with Gasteiger partial charge in [-0.2, -0.15) is 0 Å². The van der Waals surface area contributed by atoms with Gasteiger partial charge in [-0.15, -0.1) is 0 Å². The second kappa shape index (κ2) is 7.52. The molecule has 2 heteroatoms.